The summed E-state index contributed by atoms with van der Waals surface area (Å²) in [6, 6.07) is -0.0328. The minimum Gasteiger partial charge on any atom is -0.503 e. The summed E-state index contributed by atoms with van der Waals surface area (Å²) < 4.78 is 1.51. The predicted molar refractivity (Wildman–Crippen MR) is 70.5 cm³/mol. The van der Waals surface area contributed by atoms with Crippen LogP contribution in [0.4, 0.5) is 0 Å². The van der Waals surface area contributed by atoms with Crippen LogP contribution >= 0.6 is 0 Å². The first-order valence-corrected chi connectivity index (χ1v) is 6.90. The van der Waals surface area contributed by atoms with Gasteiger partial charge in [-0.2, -0.15) is 0 Å². The van der Waals surface area contributed by atoms with E-state index in [9.17, 15) is 19.5 Å². The standard InChI is InChI=1S/C14H14N2O5/c1-15-9-6-2-5(6)3-8(9)16-4-7(14(20)21)11(17)12(18)10(16)13(15)19/h4-6,8-9,18H,2-3H2,1H3,(H,20,21)/t5-,6-,8-,9+/m0/s1. The normalized spacial score (nSPS) is 32.4. The number of carbonyl (C=O) groups is 2. The van der Waals surface area contributed by atoms with Crippen LogP contribution in [-0.2, 0) is 0 Å². The molecule has 2 saturated carbocycles. The van der Waals surface area contributed by atoms with E-state index in [1.807, 2.05) is 0 Å². The van der Waals surface area contributed by atoms with Crippen LogP contribution in [0.15, 0.2) is 11.0 Å². The van der Waals surface area contributed by atoms with E-state index in [-0.39, 0.29) is 17.8 Å². The lowest BCUT2D eigenvalue weighted by Gasteiger charge is -2.39. The van der Waals surface area contributed by atoms with Gasteiger partial charge in [0.05, 0.1) is 12.1 Å². The number of amides is 1. The number of hydrogen-bond acceptors (Lipinski definition) is 4. The Balaban J connectivity index is 1.98. The number of aromatic carboxylic acids is 1. The molecule has 2 aliphatic carbocycles. The molecule has 2 heterocycles. The van der Waals surface area contributed by atoms with Crippen molar-refractivity contribution in [1.29, 1.82) is 0 Å². The molecule has 0 spiro atoms. The quantitative estimate of drug-likeness (QED) is 0.774. The summed E-state index contributed by atoms with van der Waals surface area (Å²) in [6.07, 6.45) is 3.15. The molecule has 0 aromatic carbocycles. The molecule has 0 radical (unpaired) electrons. The Morgan fingerprint density at radius 2 is 2.05 bits per heavy atom. The second-order valence-corrected chi connectivity index (χ2v) is 6.15. The summed E-state index contributed by atoms with van der Waals surface area (Å²) in [5, 5.41) is 19.1. The fraction of sp³-hybridized carbons (Fsp3) is 0.500. The fourth-order valence-corrected chi connectivity index (χ4v) is 4.07. The van der Waals surface area contributed by atoms with Crippen molar-refractivity contribution in [3.8, 4) is 5.75 Å². The zero-order valence-corrected chi connectivity index (χ0v) is 11.3. The van der Waals surface area contributed by atoms with Crippen molar-refractivity contribution in [2.45, 2.75) is 24.9 Å². The topological polar surface area (TPSA) is 99.8 Å². The number of hydrogen-bond donors (Lipinski definition) is 2. The van der Waals surface area contributed by atoms with Crippen LogP contribution < -0.4 is 5.43 Å². The molecule has 110 valence electrons. The largest absolute Gasteiger partial charge is 0.503 e. The third-order valence-electron chi connectivity index (χ3n) is 5.12. The van der Waals surface area contributed by atoms with Gasteiger partial charge in [0.2, 0.25) is 5.43 Å². The number of pyridine rings is 1. The molecular weight excluding hydrogens is 276 g/mol. The second kappa shape index (κ2) is 3.66. The Bertz CT molecular complexity index is 752. The van der Waals surface area contributed by atoms with Crippen molar-refractivity contribution in [1.82, 2.24) is 9.47 Å². The first kappa shape index (κ1) is 12.4. The van der Waals surface area contributed by atoms with E-state index >= 15 is 0 Å². The number of aromatic hydroxyl groups is 1. The molecule has 0 unspecified atom stereocenters. The van der Waals surface area contributed by atoms with E-state index in [2.05, 4.69) is 0 Å². The summed E-state index contributed by atoms with van der Waals surface area (Å²) in [6.45, 7) is 0. The summed E-state index contributed by atoms with van der Waals surface area (Å²) >= 11 is 0. The molecule has 7 nitrogen and oxygen atoms in total. The molecule has 21 heavy (non-hydrogen) atoms. The third-order valence-corrected chi connectivity index (χ3v) is 5.12. The molecule has 7 heteroatoms. The Morgan fingerprint density at radius 3 is 2.71 bits per heavy atom. The molecule has 4 rings (SSSR count). The van der Waals surface area contributed by atoms with E-state index in [1.54, 1.807) is 11.9 Å². The van der Waals surface area contributed by atoms with Gasteiger partial charge in [-0.1, -0.05) is 0 Å². The van der Waals surface area contributed by atoms with Crippen molar-refractivity contribution < 1.29 is 19.8 Å². The molecule has 2 N–H and O–H groups in total. The summed E-state index contributed by atoms with van der Waals surface area (Å²) in [7, 11) is 1.68. The Labute approximate surface area is 119 Å². The summed E-state index contributed by atoms with van der Waals surface area (Å²) in [5.74, 6) is -1.57. The number of carbonyl (C=O) groups excluding carboxylic acids is 1. The van der Waals surface area contributed by atoms with Gasteiger partial charge in [0.15, 0.2) is 11.4 Å². The highest BCUT2D eigenvalue weighted by atomic mass is 16.4. The Kier molecular flexibility index (Phi) is 2.17. The van der Waals surface area contributed by atoms with Crippen molar-refractivity contribution in [3.05, 3.63) is 27.7 Å². The number of carboxylic acids is 1. The van der Waals surface area contributed by atoms with E-state index in [0.29, 0.717) is 11.8 Å². The monoisotopic (exact) mass is 290 g/mol. The molecule has 3 aliphatic rings. The van der Waals surface area contributed by atoms with Gasteiger partial charge in [0.1, 0.15) is 5.56 Å². The van der Waals surface area contributed by atoms with Gasteiger partial charge in [0.25, 0.3) is 5.91 Å². The van der Waals surface area contributed by atoms with Gasteiger partial charge < -0.3 is 19.7 Å². The van der Waals surface area contributed by atoms with Gasteiger partial charge in [-0.05, 0) is 24.7 Å². The van der Waals surface area contributed by atoms with Crippen molar-refractivity contribution >= 4 is 11.9 Å². The zero-order valence-electron chi connectivity index (χ0n) is 11.3. The molecule has 2 fully saturated rings. The number of fused-ring (bicyclic) bond motifs is 5. The maximum Gasteiger partial charge on any atom is 0.341 e. The highest BCUT2D eigenvalue weighted by molar-refractivity contribution is 5.97. The van der Waals surface area contributed by atoms with Crippen LogP contribution in [0.1, 0.15) is 39.7 Å². The summed E-state index contributed by atoms with van der Waals surface area (Å²) in [4.78, 5) is 37.1. The number of likely N-dealkylation sites (N-methyl/N-ethyl adjacent to an activating group) is 1. The predicted octanol–water partition coefficient (Wildman–Crippen LogP) is 0.287. The number of nitrogens with zero attached hydrogens (tertiary/aromatic N) is 2. The fourth-order valence-electron chi connectivity index (χ4n) is 4.07. The SMILES string of the molecule is CN1C(=O)c2c(O)c(=O)c(C(=O)O)cn2[C@H]2C[C@@H]3C[C@@H]3[C@H]21. The van der Waals surface area contributed by atoms with Crippen molar-refractivity contribution in [3.63, 3.8) is 0 Å². The molecular formula is C14H14N2O5. The average molecular weight is 290 g/mol. The van der Waals surface area contributed by atoms with Gasteiger partial charge in [0, 0.05) is 13.2 Å². The lowest BCUT2D eigenvalue weighted by atomic mass is 9.99. The molecule has 1 aromatic heterocycles. The van der Waals surface area contributed by atoms with Gasteiger partial charge in [-0.25, -0.2) is 4.79 Å². The van der Waals surface area contributed by atoms with E-state index in [1.165, 1.54) is 10.8 Å². The maximum atomic E-state index is 12.4. The van der Waals surface area contributed by atoms with Crippen LogP contribution in [0.3, 0.4) is 0 Å². The van der Waals surface area contributed by atoms with E-state index < -0.39 is 28.6 Å². The highest BCUT2D eigenvalue weighted by Gasteiger charge is 2.58. The first-order chi connectivity index (χ1) is 9.91. The van der Waals surface area contributed by atoms with E-state index in [0.717, 1.165) is 12.8 Å². The van der Waals surface area contributed by atoms with Crippen LogP contribution in [0.5, 0.6) is 5.75 Å². The zero-order chi connectivity index (χ0) is 15.0. The third kappa shape index (κ3) is 1.40. The van der Waals surface area contributed by atoms with Gasteiger partial charge in [-0.3, -0.25) is 9.59 Å². The van der Waals surface area contributed by atoms with Crippen molar-refractivity contribution in [2.24, 2.45) is 11.8 Å². The van der Waals surface area contributed by atoms with Gasteiger partial charge in [-0.15, -0.1) is 0 Å². The lowest BCUT2D eigenvalue weighted by molar-refractivity contribution is 0.0576. The molecule has 1 amide bonds. The van der Waals surface area contributed by atoms with Crippen LogP contribution in [-0.4, -0.2) is 44.6 Å². The number of aromatic nitrogens is 1. The lowest BCUT2D eigenvalue weighted by Crippen LogP contribution is -2.49. The van der Waals surface area contributed by atoms with Crippen LogP contribution in [0.2, 0.25) is 0 Å². The molecule has 1 aromatic rings. The Hall–Kier alpha value is -2.31. The molecule has 0 bridgehead atoms. The molecule has 1 aliphatic heterocycles. The minimum absolute atomic E-state index is 0.0264. The molecule has 4 atom stereocenters. The van der Waals surface area contributed by atoms with Crippen LogP contribution in [0, 0.1) is 11.8 Å². The Morgan fingerprint density at radius 1 is 1.33 bits per heavy atom. The second-order valence-electron chi connectivity index (χ2n) is 6.15. The van der Waals surface area contributed by atoms with E-state index in [4.69, 9.17) is 5.11 Å². The maximum absolute atomic E-state index is 12.4. The smallest absolute Gasteiger partial charge is 0.341 e. The number of rotatable bonds is 1. The summed E-state index contributed by atoms with van der Waals surface area (Å²) in [5.41, 5.74) is -1.58. The van der Waals surface area contributed by atoms with Crippen LogP contribution in [0.25, 0.3) is 0 Å². The van der Waals surface area contributed by atoms with Crippen molar-refractivity contribution in [2.75, 3.05) is 7.05 Å². The molecule has 0 saturated heterocycles. The highest BCUT2D eigenvalue weighted by Crippen LogP contribution is 2.59. The first-order valence-electron chi connectivity index (χ1n) is 6.90. The average Bonchev–Trinajstić information content (AvgIpc) is 3.09. The number of carboxylic acid groups (broad SMARTS) is 1. The van der Waals surface area contributed by atoms with Gasteiger partial charge >= 0.3 is 5.97 Å². The minimum atomic E-state index is -1.39.